The third-order valence-corrected chi connectivity index (χ3v) is 11.4. The second kappa shape index (κ2) is 20.6. The fraction of sp³-hybridized carbons (Fsp3) is 0.392. The molecule has 0 bridgehead atoms. The Morgan fingerprint density at radius 2 is 0.779 bits per heavy atom. The van der Waals surface area contributed by atoms with E-state index >= 15 is 0 Å². The van der Waals surface area contributed by atoms with Crippen LogP contribution in [0.2, 0.25) is 0 Å². The van der Waals surface area contributed by atoms with E-state index in [0.29, 0.717) is 27.2 Å². The number of carbonyl (C=O) groups excluding carboxylic acids is 7. The number of ether oxygens (including phenoxy) is 2. The van der Waals surface area contributed by atoms with Crippen molar-refractivity contribution in [2.24, 2.45) is 0 Å². The normalized spacial score (nSPS) is 14.6. The number of urea groups is 3. The summed E-state index contributed by atoms with van der Waals surface area (Å²) in [4.78, 5) is 93.6. The predicted molar refractivity (Wildman–Crippen MR) is 247 cm³/mol. The van der Waals surface area contributed by atoms with Gasteiger partial charge in [-0.3, -0.25) is 19.2 Å². The Morgan fingerprint density at radius 3 is 1.01 bits per heavy atom. The fourth-order valence-corrected chi connectivity index (χ4v) is 7.55. The number of imide groups is 3. The van der Waals surface area contributed by atoms with Gasteiger partial charge < -0.3 is 35.0 Å². The van der Waals surface area contributed by atoms with Gasteiger partial charge >= 0.3 is 18.1 Å². The molecular formula is C51H60N3O14+. The first-order chi connectivity index (χ1) is 31.6. The second-order valence-corrected chi connectivity index (χ2v) is 18.9. The number of carbonyl (C=O) groups is 7. The van der Waals surface area contributed by atoms with Crippen molar-refractivity contribution < 1.29 is 73.1 Å². The molecule has 0 aromatic heterocycles. The number of aliphatic hydroxyl groups is 5. The number of ketones is 4. The molecular weight excluding hydrogens is 879 g/mol. The van der Waals surface area contributed by atoms with E-state index in [1.807, 2.05) is 0 Å². The Bertz CT molecular complexity index is 2220. The molecule has 1 aliphatic heterocycles. The monoisotopic (exact) mass is 938 g/mol. The molecule has 0 unspecified atom stereocenters. The minimum atomic E-state index is -1.65. The number of rotatable bonds is 22. The first-order valence-corrected chi connectivity index (χ1v) is 22.0. The molecule has 68 heavy (non-hydrogen) atoms. The van der Waals surface area contributed by atoms with Gasteiger partial charge in [0.2, 0.25) is 0 Å². The standard InChI is InChI=1S/C51H59N3O14/c1-48(2,63)41(56)35-17-9-31(10-18-35)39(32-11-19-36(20-12-32)42(57)49(3,4)64)67-29-26-54(46(61)52-45(60)53(25-28-55)47(54)62)27-30-68-40(33-13-21-37(22-14-33)43(58)50(5,6)65)34-15-23-38(24-16-34)44(59)51(7,8)66/h9-24,39-40,55,63-66H,25-30H2,1-8H3/p+1. The van der Waals surface area contributed by atoms with Gasteiger partial charge in [0.15, 0.2) is 23.1 Å². The van der Waals surface area contributed by atoms with E-state index in [-0.39, 0.29) is 48.6 Å². The molecule has 6 N–H and O–H groups in total. The smallest absolute Gasteiger partial charge is 0.395 e. The molecule has 1 saturated heterocycles. The highest BCUT2D eigenvalue weighted by Gasteiger charge is 2.54. The van der Waals surface area contributed by atoms with Gasteiger partial charge in [0.05, 0.1) is 26.4 Å². The lowest BCUT2D eigenvalue weighted by molar-refractivity contribution is -0.775. The summed E-state index contributed by atoms with van der Waals surface area (Å²) in [6.07, 6.45) is -1.88. The largest absolute Gasteiger partial charge is 0.436 e. The average molecular weight is 939 g/mol. The SMILES string of the molecule is CC(C)(O)C(=O)c1ccc(C(OCC[N+]2(CCOC(c3ccc(C(=O)C(C)(C)O)cc3)c3ccc(C(=O)C(C)(C)O)cc3)C(=O)NC(=O)N(CCO)C2=O)c2ccc(C(=O)C(C)(C)O)cc2)cc1. The van der Waals surface area contributed by atoms with Crippen LogP contribution in [0.5, 0.6) is 0 Å². The zero-order valence-electron chi connectivity index (χ0n) is 39.4. The van der Waals surface area contributed by atoms with Crippen LogP contribution in [0.4, 0.5) is 14.4 Å². The van der Waals surface area contributed by atoms with Crippen molar-refractivity contribution >= 4 is 41.2 Å². The average Bonchev–Trinajstić information content (AvgIpc) is 3.27. The number of β-amino-alcohol motifs (C(OH)–C–C–N with tert-alkyl or cyclic N) is 1. The quantitative estimate of drug-likeness (QED) is 0.0421. The minimum Gasteiger partial charge on any atom is -0.395 e. The van der Waals surface area contributed by atoms with Crippen LogP contribution in [0.15, 0.2) is 97.1 Å². The van der Waals surface area contributed by atoms with E-state index in [0.717, 1.165) is 0 Å². The van der Waals surface area contributed by atoms with Crippen molar-refractivity contribution in [3.05, 3.63) is 142 Å². The summed E-state index contributed by atoms with van der Waals surface area (Å²) in [5, 5.41) is 53.4. The Morgan fingerprint density at radius 1 is 0.515 bits per heavy atom. The summed E-state index contributed by atoms with van der Waals surface area (Å²) in [6, 6.07) is 22.0. The van der Waals surface area contributed by atoms with Crippen LogP contribution in [-0.2, 0) is 9.47 Å². The highest BCUT2D eigenvalue weighted by atomic mass is 16.5. The van der Waals surface area contributed by atoms with Gasteiger partial charge in [-0.1, -0.05) is 97.1 Å². The lowest BCUT2D eigenvalue weighted by atomic mass is 9.92. The first-order valence-electron chi connectivity index (χ1n) is 22.0. The Labute approximate surface area is 394 Å². The third kappa shape index (κ3) is 12.1. The number of amides is 6. The molecule has 0 spiro atoms. The summed E-state index contributed by atoms with van der Waals surface area (Å²) in [5.74, 6) is -2.11. The molecule has 1 aliphatic rings. The zero-order valence-corrected chi connectivity index (χ0v) is 39.4. The van der Waals surface area contributed by atoms with Crippen molar-refractivity contribution in [3.8, 4) is 0 Å². The number of benzene rings is 4. The Balaban J connectivity index is 1.50. The van der Waals surface area contributed by atoms with Crippen LogP contribution < -0.4 is 5.32 Å². The van der Waals surface area contributed by atoms with Crippen molar-refractivity contribution in [1.29, 1.82) is 0 Å². The van der Waals surface area contributed by atoms with E-state index in [1.54, 1.807) is 48.5 Å². The number of nitrogens with one attached hydrogen (secondary N) is 1. The fourth-order valence-electron chi connectivity index (χ4n) is 7.55. The molecule has 4 aromatic rings. The topological polar surface area (TPSA) is 254 Å². The second-order valence-electron chi connectivity index (χ2n) is 18.9. The van der Waals surface area contributed by atoms with Crippen LogP contribution >= 0.6 is 0 Å². The minimum absolute atomic E-state index is 0.218. The maximum atomic E-state index is 14.4. The Hall–Kier alpha value is -6.15. The summed E-state index contributed by atoms with van der Waals surface area (Å²) in [5.41, 5.74) is -3.71. The number of aliphatic hydroxyl groups excluding tert-OH is 1. The van der Waals surface area contributed by atoms with E-state index in [2.05, 4.69) is 5.32 Å². The van der Waals surface area contributed by atoms with E-state index in [9.17, 15) is 59.1 Å². The molecule has 17 heteroatoms. The van der Waals surface area contributed by atoms with E-state index in [1.165, 1.54) is 104 Å². The van der Waals surface area contributed by atoms with Gasteiger partial charge in [0, 0.05) is 22.3 Å². The molecule has 17 nitrogen and oxygen atoms in total. The molecule has 0 radical (unpaired) electrons. The van der Waals surface area contributed by atoms with Crippen LogP contribution in [0.1, 0.15) is 131 Å². The van der Waals surface area contributed by atoms with Gasteiger partial charge in [-0.05, 0) is 77.6 Å². The summed E-state index contributed by atoms with van der Waals surface area (Å²) in [6.45, 7) is 8.47. The lowest BCUT2D eigenvalue weighted by Crippen LogP contribution is -2.74. The maximum Gasteiger partial charge on any atom is 0.436 e. The van der Waals surface area contributed by atoms with Crippen LogP contribution in [0.25, 0.3) is 0 Å². The summed E-state index contributed by atoms with van der Waals surface area (Å²) >= 11 is 0. The molecule has 4 aromatic carbocycles. The van der Waals surface area contributed by atoms with E-state index < -0.39 is 93.5 Å². The third-order valence-electron chi connectivity index (χ3n) is 11.4. The molecule has 6 amide bonds. The van der Waals surface area contributed by atoms with Gasteiger partial charge in [0.1, 0.15) is 47.7 Å². The molecule has 0 atom stereocenters. The molecule has 1 heterocycles. The predicted octanol–water partition coefficient (Wildman–Crippen LogP) is 5.49. The molecule has 1 fully saturated rings. The molecule has 5 rings (SSSR count). The summed E-state index contributed by atoms with van der Waals surface area (Å²) < 4.78 is 11.9. The van der Waals surface area contributed by atoms with Gasteiger partial charge in [0.25, 0.3) is 0 Å². The van der Waals surface area contributed by atoms with Crippen LogP contribution in [-0.4, -0.2) is 138 Å². The lowest BCUT2D eigenvalue weighted by Gasteiger charge is -2.39. The first kappa shape index (κ1) is 52.8. The van der Waals surface area contributed by atoms with Crippen molar-refractivity contribution in [2.45, 2.75) is 90.0 Å². The van der Waals surface area contributed by atoms with Crippen molar-refractivity contribution in [1.82, 2.24) is 10.2 Å². The van der Waals surface area contributed by atoms with Crippen LogP contribution in [0, 0.1) is 0 Å². The molecule has 0 aliphatic carbocycles. The van der Waals surface area contributed by atoms with Crippen LogP contribution in [0.3, 0.4) is 0 Å². The van der Waals surface area contributed by atoms with Crippen molar-refractivity contribution in [3.63, 3.8) is 0 Å². The molecule has 0 saturated carbocycles. The number of Topliss-reactive ketones (excluding diaryl/α,β-unsaturated/α-hetero) is 4. The van der Waals surface area contributed by atoms with Crippen molar-refractivity contribution in [2.75, 3.05) is 39.5 Å². The zero-order chi connectivity index (χ0) is 50.6. The number of nitrogens with zero attached hydrogens (tertiary/aromatic N) is 2. The molecule has 362 valence electrons. The number of quaternary nitrogens is 1. The van der Waals surface area contributed by atoms with Gasteiger partial charge in [-0.25, -0.2) is 24.6 Å². The van der Waals surface area contributed by atoms with Gasteiger partial charge in [-0.15, -0.1) is 0 Å². The highest BCUT2D eigenvalue weighted by molar-refractivity contribution is 6.06. The number of hydrogen-bond donors (Lipinski definition) is 6. The summed E-state index contributed by atoms with van der Waals surface area (Å²) in [7, 11) is 0. The van der Waals surface area contributed by atoms with Gasteiger partial charge in [-0.2, -0.15) is 4.48 Å². The highest BCUT2D eigenvalue weighted by Crippen LogP contribution is 2.32. The van der Waals surface area contributed by atoms with E-state index in [4.69, 9.17) is 9.47 Å². The maximum absolute atomic E-state index is 14.4. The Kier molecular flexibility index (Phi) is 16.0. The number of hydrogen-bond acceptors (Lipinski definition) is 14.